The van der Waals surface area contributed by atoms with E-state index in [1.165, 1.54) is 64.2 Å². The van der Waals surface area contributed by atoms with Crippen LogP contribution in [-0.4, -0.2) is 17.2 Å². The van der Waals surface area contributed by atoms with Gasteiger partial charge in [0.25, 0.3) is 0 Å². The van der Waals surface area contributed by atoms with E-state index < -0.39 is 23.8 Å². The van der Waals surface area contributed by atoms with Crippen molar-refractivity contribution in [2.75, 3.05) is 0 Å². The zero-order valence-corrected chi connectivity index (χ0v) is 23.5. The van der Waals surface area contributed by atoms with Gasteiger partial charge in [0.1, 0.15) is 11.8 Å². The van der Waals surface area contributed by atoms with Crippen LogP contribution in [0.2, 0.25) is 0 Å². The van der Waals surface area contributed by atoms with Crippen molar-refractivity contribution < 1.29 is 21.5 Å². The van der Waals surface area contributed by atoms with Crippen LogP contribution in [0.1, 0.15) is 160 Å². The maximum absolute atomic E-state index is 13.0. The fourth-order valence-electron chi connectivity index (χ4n) is 7.40. The molecule has 208 valence electrons. The van der Waals surface area contributed by atoms with Crippen LogP contribution in [0.4, 0.5) is 0 Å². The number of rotatable bonds is 15. The molecule has 1 aromatic carbocycles. The number of carbonyl (C=O) groups is 1. The quantitative estimate of drug-likeness (QED) is 0.187. The van der Waals surface area contributed by atoms with E-state index in [4.69, 9.17) is 10.2 Å². The molecule has 0 aromatic heterocycles. The van der Waals surface area contributed by atoms with E-state index in [9.17, 15) is 11.3 Å². The van der Waals surface area contributed by atoms with E-state index >= 15 is 0 Å². The van der Waals surface area contributed by atoms with Gasteiger partial charge in [-0.25, -0.2) is 0 Å². The first-order chi connectivity index (χ1) is 20.0. The number of carbonyl (C=O) groups excluding carboxylic acids is 1. The zero-order chi connectivity index (χ0) is 30.5. The molecule has 0 radical (unpaired) electrons. The molecule has 37 heavy (non-hydrogen) atoms. The Kier molecular flexibility index (Phi) is 8.47. The molecule has 3 aliphatic rings. The summed E-state index contributed by atoms with van der Waals surface area (Å²) >= 11 is 0. The summed E-state index contributed by atoms with van der Waals surface area (Å²) in [5.41, 5.74) is 0.935. The van der Waals surface area contributed by atoms with Crippen molar-refractivity contribution in [3.8, 4) is 5.75 Å². The molecule has 0 aliphatic heterocycles. The lowest BCUT2D eigenvalue weighted by Crippen LogP contribution is -2.45. The van der Waals surface area contributed by atoms with Gasteiger partial charge in [-0.2, -0.15) is 0 Å². The SMILES string of the molecule is [2H]c1cc2c(c([2H])c1O)CC[C@@H]1[C@@H]2CC[C@@]2(C)[C@H]1CC([2H])([2H])[C@]2([2H])OC(=O)CCCCCCCCCCCCCCC. The highest BCUT2D eigenvalue weighted by atomic mass is 16.5. The molecule has 0 saturated heterocycles. The molecule has 5 atom stereocenters. The molecule has 2 saturated carbocycles. The Balaban J connectivity index is 1.26. The van der Waals surface area contributed by atoms with Crippen LogP contribution in [-0.2, 0) is 16.0 Å². The average Bonchev–Trinajstić information content (AvgIpc) is 3.10. The number of hydrogen-bond acceptors (Lipinski definition) is 3. The smallest absolute Gasteiger partial charge is 0.306 e. The fourth-order valence-corrected chi connectivity index (χ4v) is 7.40. The van der Waals surface area contributed by atoms with Gasteiger partial charge in [-0.1, -0.05) is 97.0 Å². The molecule has 4 rings (SSSR count). The summed E-state index contributed by atoms with van der Waals surface area (Å²) in [6, 6.07) is 1.70. The van der Waals surface area contributed by atoms with E-state index in [0.29, 0.717) is 25.7 Å². The van der Waals surface area contributed by atoms with E-state index in [1.807, 2.05) is 6.92 Å². The number of unbranched alkanes of at least 4 members (excludes halogenated alkanes) is 12. The predicted octanol–water partition coefficient (Wildman–Crippen LogP) is 9.64. The first kappa shape index (κ1) is 22.3. The Morgan fingerprint density at radius 3 is 2.38 bits per heavy atom. The zero-order valence-electron chi connectivity index (χ0n) is 28.5. The van der Waals surface area contributed by atoms with Crippen LogP contribution in [0.5, 0.6) is 5.75 Å². The molecule has 0 unspecified atom stereocenters. The van der Waals surface area contributed by atoms with Crippen molar-refractivity contribution >= 4 is 5.97 Å². The van der Waals surface area contributed by atoms with Crippen molar-refractivity contribution in [2.45, 2.75) is 154 Å². The molecule has 0 bridgehead atoms. The third-order valence-corrected chi connectivity index (χ3v) is 9.64. The van der Waals surface area contributed by atoms with Gasteiger partial charge in [0.05, 0.1) is 4.11 Å². The molecule has 0 heterocycles. The fraction of sp³-hybridized carbons (Fsp3) is 0.794. The summed E-state index contributed by atoms with van der Waals surface area (Å²) in [5, 5.41) is 10.1. The minimum Gasteiger partial charge on any atom is -0.508 e. The maximum atomic E-state index is 13.0. The predicted molar refractivity (Wildman–Crippen MR) is 153 cm³/mol. The van der Waals surface area contributed by atoms with Gasteiger partial charge >= 0.3 is 5.97 Å². The van der Waals surface area contributed by atoms with Crippen LogP contribution >= 0.6 is 0 Å². The van der Waals surface area contributed by atoms with Crippen LogP contribution in [0.15, 0.2) is 18.2 Å². The van der Waals surface area contributed by atoms with Crippen LogP contribution in [0.25, 0.3) is 0 Å². The number of phenolic OH excluding ortho intramolecular Hbond substituents is 1. The van der Waals surface area contributed by atoms with Gasteiger partial charge < -0.3 is 9.84 Å². The summed E-state index contributed by atoms with van der Waals surface area (Å²) in [7, 11) is 0. The molecular weight excluding hydrogens is 456 g/mol. The monoisotopic (exact) mass is 515 g/mol. The number of ether oxygens (including phenoxy) is 1. The average molecular weight is 516 g/mol. The normalized spacial score (nSPS) is 33.7. The molecule has 3 heteroatoms. The standard InChI is InChI=1S/C34H54O3/c1-3-4-5-6-7-8-9-10-11-12-13-14-15-16-33(36)37-32-22-21-31-30-19-17-26-25-27(35)18-20-28(26)29(30)23-24-34(31,32)2/h18,20,25,29-32,35H,3-17,19,21-24H2,1-2H3/t29-,30-,31+,32+,34+/m1/s1/i18D,22D2,25D,32D. The summed E-state index contributed by atoms with van der Waals surface area (Å²) in [6.07, 6.45) is 15.0. The molecule has 0 spiro atoms. The van der Waals surface area contributed by atoms with Crippen molar-refractivity contribution in [2.24, 2.45) is 17.3 Å². The van der Waals surface area contributed by atoms with Crippen molar-refractivity contribution in [3.05, 3.63) is 29.3 Å². The highest BCUT2D eigenvalue weighted by Gasteiger charge is 2.56. The number of aromatic hydroxyl groups is 1. The van der Waals surface area contributed by atoms with E-state index in [-0.39, 0.29) is 48.4 Å². The first-order valence-electron chi connectivity index (χ1n) is 18.0. The van der Waals surface area contributed by atoms with Gasteiger partial charge in [-0.3, -0.25) is 4.79 Å². The lowest BCUT2D eigenvalue weighted by atomic mass is 9.55. The maximum Gasteiger partial charge on any atom is 0.306 e. The molecule has 0 amide bonds. The number of hydrogen-bond donors (Lipinski definition) is 1. The van der Waals surface area contributed by atoms with Gasteiger partial charge in [0.15, 0.2) is 0 Å². The number of phenols is 1. The van der Waals surface area contributed by atoms with Crippen LogP contribution < -0.4 is 0 Å². The Bertz CT molecular complexity index is 1080. The highest BCUT2D eigenvalue weighted by Crippen LogP contribution is 2.61. The van der Waals surface area contributed by atoms with E-state index in [2.05, 4.69) is 6.92 Å². The molecule has 1 aromatic rings. The van der Waals surface area contributed by atoms with Gasteiger partial charge in [0, 0.05) is 14.6 Å². The highest BCUT2D eigenvalue weighted by molar-refractivity contribution is 5.69. The minimum atomic E-state index is -1.95. The number of benzene rings is 1. The second-order valence-corrected chi connectivity index (χ2v) is 12.2. The molecule has 2 fully saturated rings. The Labute approximate surface area is 234 Å². The van der Waals surface area contributed by atoms with Crippen molar-refractivity contribution in [3.63, 3.8) is 0 Å². The molecule has 3 aliphatic carbocycles. The lowest BCUT2D eigenvalue weighted by Gasteiger charge is -2.50. The number of fused-ring (bicyclic) bond motifs is 5. The second-order valence-electron chi connectivity index (χ2n) is 12.2. The molecular formula is C34H54O3. The summed E-state index contributed by atoms with van der Waals surface area (Å²) in [4.78, 5) is 13.0. The minimum absolute atomic E-state index is 0.0357. The Morgan fingerprint density at radius 1 is 1.05 bits per heavy atom. The Morgan fingerprint density at radius 2 is 1.70 bits per heavy atom. The summed E-state index contributed by atoms with van der Waals surface area (Å²) in [5.74, 6) is -0.686. The first-order valence-corrected chi connectivity index (χ1v) is 15.5. The van der Waals surface area contributed by atoms with Crippen LogP contribution in [0, 0.1) is 17.3 Å². The van der Waals surface area contributed by atoms with Gasteiger partial charge in [-0.15, -0.1) is 0 Å². The molecule has 1 N–H and O–H groups in total. The summed E-state index contributed by atoms with van der Waals surface area (Å²) < 4.78 is 49.5. The third kappa shape index (κ3) is 7.33. The van der Waals surface area contributed by atoms with E-state index in [1.54, 1.807) is 6.07 Å². The van der Waals surface area contributed by atoms with Crippen LogP contribution in [0.3, 0.4) is 0 Å². The summed E-state index contributed by atoms with van der Waals surface area (Å²) in [6.45, 7) is 4.20. The third-order valence-electron chi connectivity index (χ3n) is 9.64. The molecule has 3 nitrogen and oxygen atoms in total. The van der Waals surface area contributed by atoms with E-state index in [0.717, 1.165) is 30.4 Å². The van der Waals surface area contributed by atoms with Gasteiger partial charge in [0.2, 0.25) is 0 Å². The Hall–Kier alpha value is -1.51. The topological polar surface area (TPSA) is 46.5 Å². The van der Waals surface area contributed by atoms with Crippen molar-refractivity contribution in [1.82, 2.24) is 0 Å². The second kappa shape index (κ2) is 14.0. The largest absolute Gasteiger partial charge is 0.508 e. The lowest BCUT2D eigenvalue weighted by molar-refractivity contribution is -0.157. The van der Waals surface area contributed by atoms with Crippen molar-refractivity contribution in [1.29, 1.82) is 0 Å². The number of esters is 1. The van der Waals surface area contributed by atoms with Gasteiger partial charge in [-0.05, 0) is 85.9 Å².